The van der Waals surface area contributed by atoms with Crippen LogP contribution in [0.2, 0.25) is 0 Å². The number of hydrogen-bond donors (Lipinski definition) is 1. The Bertz CT molecular complexity index is 524. The quantitative estimate of drug-likeness (QED) is 0.836. The highest BCUT2D eigenvalue weighted by Crippen LogP contribution is 2.30. The molecule has 5 nitrogen and oxygen atoms in total. The van der Waals surface area contributed by atoms with Gasteiger partial charge in [-0.3, -0.25) is 9.69 Å². The fourth-order valence-corrected chi connectivity index (χ4v) is 2.80. The zero-order valence-corrected chi connectivity index (χ0v) is 13.7. The van der Waals surface area contributed by atoms with E-state index in [4.69, 9.17) is 15.2 Å². The molecule has 1 aromatic rings. The van der Waals surface area contributed by atoms with Gasteiger partial charge in [-0.1, -0.05) is 0 Å². The summed E-state index contributed by atoms with van der Waals surface area (Å²) in [5.41, 5.74) is 6.32. The van der Waals surface area contributed by atoms with Gasteiger partial charge >= 0.3 is 0 Å². The predicted molar refractivity (Wildman–Crippen MR) is 85.7 cm³/mol. The van der Waals surface area contributed by atoms with Crippen molar-refractivity contribution in [2.45, 2.75) is 39.3 Å². The summed E-state index contributed by atoms with van der Waals surface area (Å²) < 4.78 is 25.0. The first-order chi connectivity index (χ1) is 11.1. The number of ether oxygens (including phenoxy) is 2. The molecule has 6 heteroatoms. The average Bonchev–Trinajstić information content (AvgIpc) is 2.52. The van der Waals surface area contributed by atoms with E-state index in [1.807, 2.05) is 4.90 Å². The molecule has 1 heterocycles. The van der Waals surface area contributed by atoms with Crippen LogP contribution < -0.4 is 15.2 Å². The molecule has 1 amide bonds. The van der Waals surface area contributed by atoms with Gasteiger partial charge in [-0.05, 0) is 57.4 Å². The molecule has 1 atom stereocenters. The van der Waals surface area contributed by atoms with Gasteiger partial charge in [0.05, 0.1) is 19.3 Å². The number of halogens is 1. The van der Waals surface area contributed by atoms with Crippen LogP contribution in [-0.2, 0) is 11.3 Å². The van der Waals surface area contributed by atoms with Crippen molar-refractivity contribution in [2.75, 3.05) is 19.8 Å². The number of amides is 1. The van der Waals surface area contributed by atoms with Gasteiger partial charge in [0.2, 0.25) is 11.7 Å². The lowest BCUT2D eigenvalue weighted by atomic mass is 10.0. The highest BCUT2D eigenvalue weighted by atomic mass is 19.1. The molecule has 1 aromatic carbocycles. The van der Waals surface area contributed by atoms with Crippen molar-refractivity contribution in [3.63, 3.8) is 0 Å². The van der Waals surface area contributed by atoms with Crippen LogP contribution in [0.3, 0.4) is 0 Å². The third-order valence-electron chi connectivity index (χ3n) is 3.83. The van der Waals surface area contributed by atoms with Crippen LogP contribution in [0.1, 0.15) is 32.3 Å². The number of primary amides is 1. The molecule has 0 aromatic heterocycles. The Morgan fingerprint density at radius 1 is 1.30 bits per heavy atom. The lowest BCUT2D eigenvalue weighted by molar-refractivity contribution is -0.124. The van der Waals surface area contributed by atoms with E-state index in [0.29, 0.717) is 26.2 Å². The number of nitrogens with two attached hydrogens (primary N) is 1. The Hall–Kier alpha value is -1.82. The predicted octanol–water partition coefficient (Wildman–Crippen LogP) is 2.28. The Morgan fingerprint density at radius 3 is 2.43 bits per heavy atom. The van der Waals surface area contributed by atoms with Gasteiger partial charge in [0.15, 0.2) is 11.5 Å². The first-order valence-electron chi connectivity index (χ1n) is 7.99. The third kappa shape index (κ3) is 4.34. The fourth-order valence-electron chi connectivity index (χ4n) is 2.80. The Balaban J connectivity index is 2.25. The van der Waals surface area contributed by atoms with Crippen LogP contribution in [-0.4, -0.2) is 36.6 Å². The van der Waals surface area contributed by atoms with Crippen molar-refractivity contribution >= 4 is 5.91 Å². The molecule has 1 saturated heterocycles. The second kappa shape index (κ2) is 8.15. The van der Waals surface area contributed by atoms with Gasteiger partial charge in [0.25, 0.3) is 0 Å². The average molecular weight is 323 g/mol. The maximum absolute atomic E-state index is 14.3. The van der Waals surface area contributed by atoms with Crippen LogP contribution in [0, 0.1) is 12.2 Å². The van der Waals surface area contributed by atoms with Crippen molar-refractivity contribution in [3.8, 4) is 11.5 Å². The van der Waals surface area contributed by atoms with Crippen molar-refractivity contribution < 1.29 is 18.7 Å². The van der Waals surface area contributed by atoms with E-state index in [-0.39, 0.29) is 23.4 Å². The summed E-state index contributed by atoms with van der Waals surface area (Å²) in [6.45, 7) is 5.59. The molecule has 127 valence electrons. The standard InChI is InChI=1S/C17H24FN2O3/c1-3-22-14-9-12(10-15(16(14)18)23-4-2)11-20-8-6-5-7-13(20)17(19)21/h5,9-10,13H,3-4,6-8,11H2,1-2H3,(H2,19,21). The van der Waals surface area contributed by atoms with Crippen molar-refractivity contribution in [3.05, 3.63) is 29.9 Å². The molecule has 2 rings (SSSR count). The van der Waals surface area contributed by atoms with Gasteiger partial charge in [0.1, 0.15) is 0 Å². The Labute approximate surface area is 136 Å². The minimum Gasteiger partial charge on any atom is -0.491 e. The molecule has 23 heavy (non-hydrogen) atoms. The maximum Gasteiger partial charge on any atom is 0.234 e. The van der Waals surface area contributed by atoms with Crippen LogP contribution in [0.4, 0.5) is 4.39 Å². The van der Waals surface area contributed by atoms with E-state index in [9.17, 15) is 9.18 Å². The molecule has 0 aliphatic carbocycles. The number of rotatable bonds is 7. The molecular formula is C17H24FN2O3. The molecule has 1 aliphatic rings. The summed E-state index contributed by atoms with van der Waals surface area (Å²) in [6.07, 6.45) is 3.63. The normalized spacial score (nSPS) is 18.7. The van der Waals surface area contributed by atoms with Crippen LogP contribution in [0.25, 0.3) is 0 Å². The molecule has 0 saturated carbocycles. The zero-order chi connectivity index (χ0) is 16.8. The minimum atomic E-state index is -0.490. The highest BCUT2D eigenvalue weighted by Gasteiger charge is 2.27. The number of benzene rings is 1. The molecule has 1 fully saturated rings. The first-order valence-corrected chi connectivity index (χ1v) is 7.99. The minimum absolute atomic E-state index is 0.174. The number of carbonyl (C=O) groups is 1. The van der Waals surface area contributed by atoms with E-state index in [1.165, 1.54) is 0 Å². The SMILES string of the molecule is CCOc1cc(CN2CC[CH]CC2C(N)=O)cc(OCC)c1F. The largest absolute Gasteiger partial charge is 0.491 e. The number of nitrogens with zero attached hydrogens (tertiary/aromatic N) is 1. The van der Waals surface area contributed by atoms with E-state index >= 15 is 0 Å². The summed E-state index contributed by atoms with van der Waals surface area (Å²) in [5, 5.41) is 0. The van der Waals surface area contributed by atoms with Gasteiger partial charge in [-0.2, -0.15) is 4.39 Å². The molecule has 1 aliphatic heterocycles. The van der Waals surface area contributed by atoms with E-state index in [1.54, 1.807) is 26.0 Å². The summed E-state index contributed by atoms with van der Waals surface area (Å²) in [7, 11) is 0. The molecule has 0 bridgehead atoms. The molecule has 1 radical (unpaired) electrons. The summed E-state index contributed by atoms with van der Waals surface area (Å²) in [5.74, 6) is -0.478. The molecule has 2 N–H and O–H groups in total. The van der Waals surface area contributed by atoms with E-state index < -0.39 is 5.82 Å². The molecule has 1 unspecified atom stereocenters. The second-order valence-electron chi connectivity index (χ2n) is 5.47. The zero-order valence-electron chi connectivity index (χ0n) is 13.7. The van der Waals surface area contributed by atoms with Crippen LogP contribution in [0.15, 0.2) is 12.1 Å². The second-order valence-corrected chi connectivity index (χ2v) is 5.47. The summed E-state index contributed by atoms with van der Waals surface area (Å²) >= 11 is 0. The van der Waals surface area contributed by atoms with Crippen LogP contribution in [0.5, 0.6) is 11.5 Å². The summed E-state index contributed by atoms with van der Waals surface area (Å²) in [4.78, 5) is 13.6. The number of likely N-dealkylation sites (tertiary alicyclic amines) is 1. The van der Waals surface area contributed by atoms with Gasteiger partial charge in [0, 0.05) is 6.54 Å². The fraction of sp³-hybridized carbons (Fsp3) is 0.529. The summed E-state index contributed by atoms with van der Waals surface area (Å²) in [6, 6.07) is 3.01. The lowest BCUT2D eigenvalue weighted by Crippen LogP contribution is -2.47. The molecular weight excluding hydrogens is 299 g/mol. The lowest BCUT2D eigenvalue weighted by Gasteiger charge is -2.33. The first kappa shape index (κ1) is 17.5. The number of piperidine rings is 1. The third-order valence-corrected chi connectivity index (χ3v) is 3.83. The van der Waals surface area contributed by atoms with Gasteiger partial charge in [-0.15, -0.1) is 0 Å². The monoisotopic (exact) mass is 323 g/mol. The Kier molecular flexibility index (Phi) is 6.21. The van der Waals surface area contributed by atoms with E-state index in [2.05, 4.69) is 6.42 Å². The molecule has 0 spiro atoms. The van der Waals surface area contributed by atoms with Crippen molar-refractivity contribution in [1.82, 2.24) is 4.90 Å². The van der Waals surface area contributed by atoms with Gasteiger partial charge in [-0.25, -0.2) is 0 Å². The highest BCUT2D eigenvalue weighted by molar-refractivity contribution is 5.80. The maximum atomic E-state index is 14.3. The van der Waals surface area contributed by atoms with Crippen molar-refractivity contribution in [1.29, 1.82) is 0 Å². The Morgan fingerprint density at radius 2 is 1.91 bits per heavy atom. The number of carbonyl (C=O) groups excluding carboxylic acids is 1. The smallest absolute Gasteiger partial charge is 0.234 e. The van der Waals surface area contributed by atoms with Crippen molar-refractivity contribution in [2.24, 2.45) is 5.73 Å². The van der Waals surface area contributed by atoms with Gasteiger partial charge < -0.3 is 15.2 Å². The van der Waals surface area contributed by atoms with Crippen LogP contribution >= 0.6 is 0 Å². The van der Waals surface area contributed by atoms with E-state index in [0.717, 1.165) is 18.5 Å². The number of hydrogen-bond acceptors (Lipinski definition) is 4. The topological polar surface area (TPSA) is 64.8 Å².